The average molecular weight is 555 g/mol. The topological polar surface area (TPSA) is 27.7 Å². The molecule has 0 heterocycles. The number of ether oxygens (including phenoxy) is 3. The largest absolute Gasteiger partial charge is 0.494 e. The van der Waals surface area contributed by atoms with Crippen molar-refractivity contribution < 1.29 is 23.0 Å². The van der Waals surface area contributed by atoms with E-state index >= 15 is 0 Å². The number of hydrogen-bond donors (Lipinski definition) is 0. The van der Waals surface area contributed by atoms with E-state index in [4.69, 9.17) is 14.2 Å². The molecule has 4 unspecified atom stereocenters. The molecular weight excluding hydrogens is 506 g/mol. The van der Waals surface area contributed by atoms with E-state index < -0.39 is 11.6 Å². The van der Waals surface area contributed by atoms with Crippen LogP contribution >= 0.6 is 0 Å². The molecular formula is C35H48F2O3. The molecule has 220 valence electrons. The molecule has 2 aromatic rings. The lowest BCUT2D eigenvalue weighted by atomic mass is 9.60. The Morgan fingerprint density at radius 3 is 1.93 bits per heavy atom. The second-order valence-electron chi connectivity index (χ2n) is 12.6. The summed E-state index contributed by atoms with van der Waals surface area (Å²) in [6.45, 7) is 5.51. The van der Waals surface area contributed by atoms with Crippen LogP contribution in [0.15, 0.2) is 36.4 Å². The SMILES string of the molecule is CCCCOc1ccc(C2CCC3CC(C4CCC(COc5ccc(OCC)c(F)c5F)CC4)CCC3C2)cc1. The van der Waals surface area contributed by atoms with Crippen LogP contribution in [0.25, 0.3) is 0 Å². The fourth-order valence-electron chi connectivity index (χ4n) is 7.75. The van der Waals surface area contributed by atoms with Crippen LogP contribution in [-0.4, -0.2) is 19.8 Å². The van der Waals surface area contributed by atoms with Gasteiger partial charge in [0.05, 0.1) is 19.8 Å². The lowest BCUT2D eigenvalue weighted by Crippen LogP contribution is -2.34. The van der Waals surface area contributed by atoms with Crippen molar-refractivity contribution in [2.24, 2.45) is 29.6 Å². The molecule has 0 aliphatic heterocycles. The number of rotatable bonds is 11. The number of benzene rings is 2. The summed E-state index contributed by atoms with van der Waals surface area (Å²) in [6, 6.07) is 11.9. The first-order valence-corrected chi connectivity index (χ1v) is 16.0. The summed E-state index contributed by atoms with van der Waals surface area (Å²) in [4.78, 5) is 0. The Kier molecular flexibility index (Phi) is 10.3. The molecule has 0 bridgehead atoms. The van der Waals surface area contributed by atoms with Gasteiger partial charge in [0.15, 0.2) is 11.5 Å². The highest BCUT2D eigenvalue weighted by Gasteiger charge is 2.39. The van der Waals surface area contributed by atoms with Crippen LogP contribution in [0.2, 0.25) is 0 Å². The van der Waals surface area contributed by atoms with E-state index in [1.807, 2.05) is 0 Å². The van der Waals surface area contributed by atoms with Crippen molar-refractivity contribution in [1.82, 2.24) is 0 Å². The maximum atomic E-state index is 14.4. The summed E-state index contributed by atoms with van der Waals surface area (Å²) in [5.74, 6) is 3.60. The third kappa shape index (κ3) is 7.12. The predicted molar refractivity (Wildman–Crippen MR) is 156 cm³/mol. The van der Waals surface area contributed by atoms with Crippen molar-refractivity contribution in [3.63, 3.8) is 0 Å². The fourth-order valence-corrected chi connectivity index (χ4v) is 7.75. The molecule has 3 saturated carbocycles. The van der Waals surface area contributed by atoms with Gasteiger partial charge in [-0.25, -0.2) is 0 Å². The van der Waals surface area contributed by atoms with Crippen molar-refractivity contribution in [3.8, 4) is 17.2 Å². The van der Waals surface area contributed by atoms with Crippen LogP contribution in [0.5, 0.6) is 17.2 Å². The van der Waals surface area contributed by atoms with Gasteiger partial charge in [-0.15, -0.1) is 0 Å². The first-order chi connectivity index (χ1) is 19.6. The van der Waals surface area contributed by atoms with E-state index in [1.165, 1.54) is 69.1 Å². The molecule has 3 nitrogen and oxygen atoms in total. The van der Waals surface area contributed by atoms with Crippen LogP contribution in [0.4, 0.5) is 8.78 Å². The van der Waals surface area contributed by atoms with E-state index in [0.29, 0.717) is 25.0 Å². The molecule has 0 amide bonds. The number of hydrogen-bond acceptors (Lipinski definition) is 3. The number of fused-ring (bicyclic) bond motifs is 1. The zero-order valence-electron chi connectivity index (χ0n) is 24.5. The Morgan fingerprint density at radius 1 is 0.650 bits per heavy atom. The van der Waals surface area contributed by atoms with E-state index in [9.17, 15) is 8.78 Å². The lowest BCUT2D eigenvalue weighted by Gasteiger charge is -2.45. The van der Waals surface area contributed by atoms with Crippen LogP contribution in [0.3, 0.4) is 0 Å². The smallest absolute Gasteiger partial charge is 0.204 e. The third-order valence-electron chi connectivity index (χ3n) is 10.1. The number of halogens is 2. The van der Waals surface area contributed by atoms with Gasteiger partial charge in [0, 0.05) is 0 Å². The maximum absolute atomic E-state index is 14.4. The molecule has 0 spiro atoms. The normalized spacial score (nSPS) is 28.5. The van der Waals surface area contributed by atoms with Crippen LogP contribution in [0, 0.1) is 41.2 Å². The zero-order chi connectivity index (χ0) is 27.9. The molecule has 5 rings (SSSR count). The predicted octanol–water partition coefficient (Wildman–Crippen LogP) is 9.73. The van der Waals surface area contributed by atoms with Gasteiger partial charge in [-0.1, -0.05) is 25.5 Å². The summed E-state index contributed by atoms with van der Waals surface area (Å²) >= 11 is 0. The molecule has 3 aliphatic rings. The van der Waals surface area contributed by atoms with Gasteiger partial charge in [-0.2, -0.15) is 8.78 Å². The second kappa shape index (κ2) is 14.0. The van der Waals surface area contributed by atoms with Gasteiger partial charge < -0.3 is 14.2 Å². The second-order valence-corrected chi connectivity index (χ2v) is 12.6. The first kappa shape index (κ1) is 29.2. The highest BCUT2D eigenvalue weighted by Crippen LogP contribution is 2.51. The maximum Gasteiger partial charge on any atom is 0.204 e. The minimum absolute atomic E-state index is 0.00625. The lowest BCUT2D eigenvalue weighted by molar-refractivity contribution is 0.0663. The Bertz CT molecular complexity index is 1060. The molecule has 5 heteroatoms. The Morgan fingerprint density at radius 2 is 1.25 bits per heavy atom. The first-order valence-electron chi connectivity index (χ1n) is 16.0. The Labute approximate surface area is 240 Å². The summed E-state index contributed by atoms with van der Waals surface area (Å²) in [5.41, 5.74) is 1.50. The molecule has 3 fully saturated rings. The fraction of sp³-hybridized carbons (Fsp3) is 0.657. The van der Waals surface area contributed by atoms with Crippen LogP contribution in [0.1, 0.15) is 102 Å². The molecule has 4 atom stereocenters. The molecule has 3 aliphatic carbocycles. The van der Waals surface area contributed by atoms with E-state index in [2.05, 4.69) is 31.2 Å². The van der Waals surface area contributed by atoms with Gasteiger partial charge in [-0.05, 0) is 143 Å². The van der Waals surface area contributed by atoms with E-state index in [-0.39, 0.29) is 11.5 Å². The summed E-state index contributed by atoms with van der Waals surface area (Å²) in [7, 11) is 0. The van der Waals surface area contributed by atoms with Gasteiger partial charge in [-0.3, -0.25) is 0 Å². The average Bonchev–Trinajstić information content (AvgIpc) is 2.99. The minimum atomic E-state index is -0.960. The van der Waals surface area contributed by atoms with Crippen molar-refractivity contribution in [1.29, 1.82) is 0 Å². The highest BCUT2D eigenvalue weighted by molar-refractivity contribution is 5.35. The van der Waals surface area contributed by atoms with Gasteiger partial charge in [0.25, 0.3) is 0 Å². The highest BCUT2D eigenvalue weighted by atomic mass is 19.2. The van der Waals surface area contributed by atoms with Crippen LogP contribution in [-0.2, 0) is 0 Å². The van der Waals surface area contributed by atoms with Gasteiger partial charge in [0.2, 0.25) is 11.6 Å². The quantitative estimate of drug-likeness (QED) is 0.259. The van der Waals surface area contributed by atoms with E-state index in [1.54, 1.807) is 6.92 Å². The molecule has 0 N–H and O–H groups in total. The standard InChI is InChI=1S/C35H48F2O3/c1-3-5-20-39-31-16-14-26(15-17-31)28-11-13-29-21-27(10-12-30(29)22-28)25-8-6-24(7-9-25)23-40-33-19-18-32(38-4-2)34(36)35(33)37/h14-19,24-25,27-30H,3-13,20-23H2,1-2H3. The summed E-state index contributed by atoms with van der Waals surface area (Å²) in [6.07, 6.45) is 15.2. The minimum Gasteiger partial charge on any atom is -0.494 e. The van der Waals surface area contributed by atoms with Gasteiger partial charge >= 0.3 is 0 Å². The van der Waals surface area contributed by atoms with Crippen molar-refractivity contribution in [2.75, 3.05) is 19.8 Å². The Balaban J connectivity index is 1.04. The van der Waals surface area contributed by atoms with Crippen molar-refractivity contribution >= 4 is 0 Å². The van der Waals surface area contributed by atoms with E-state index in [0.717, 1.165) is 61.7 Å². The summed E-state index contributed by atoms with van der Waals surface area (Å²) < 4.78 is 45.3. The zero-order valence-corrected chi connectivity index (χ0v) is 24.5. The Hall–Kier alpha value is -2.30. The van der Waals surface area contributed by atoms with Crippen molar-refractivity contribution in [2.45, 2.75) is 96.8 Å². The van der Waals surface area contributed by atoms with Crippen LogP contribution < -0.4 is 14.2 Å². The third-order valence-corrected chi connectivity index (χ3v) is 10.1. The van der Waals surface area contributed by atoms with Gasteiger partial charge in [0.1, 0.15) is 5.75 Å². The van der Waals surface area contributed by atoms with Crippen molar-refractivity contribution in [3.05, 3.63) is 53.6 Å². The molecule has 0 saturated heterocycles. The molecule has 0 radical (unpaired) electrons. The number of unbranched alkanes of at least 4 members (excludes halogenated alkanes) is 1. The molecule has 0 aromatic heterocycles. The molecule has 2 aromatic carbocycles. The summed E-state index contributed by atoms with van der Waals surface area (Å²) in [5, 5.41) is 0. The monoisotopic (exact) mass is 554 g/mol. The molecule has 40 heavy (non-hydrogen) atoms.